The van der Waals surface area contributed by atoms with Gasteiger partial charge >= 0.3 is 6.03 Å². The van der Waals surface area contributed by atoms with Gasteiger partial charge in [-0.2, -0.15) is 4.98 Å². The Labute approximate surface area is 170 Å². The Morgan fingerprint density at radius 1 is 1.14 bits per heavy atom. The summed E-state index contributed by atoms with van der Waals surface area (Å²) in [5, 5.41) is 4.90. The van der Waals surface area contributed by atoms with Gasteiger partial charge in [0.1, 0.15) is 11.6 Å². The molecule has 150 valence electrons. The number of imide groups is 1. The van der Waals surface area contributed by atoms with Crippen LogP contribution in [0.3, 0.4) is 0 Å². The summed E-state index contributed by atoms with van der Waals surface area (Å²) in [6.45, 7) is 5.21. The highest BCUT2D eigenvalue weighted by atomic mass is 32.2. The molecular weight excluding hydrogens is 394 g/mol. The molecule has 29 heavy (non-hydrogen) atoms. The van der Waals surface area contributed by atoms with Crippen molar-refractivity contribution in [3.63, 3.8) is 0 Å². The van der Waals surface area contributed by atoms with E-state index in [1.807, 2.05) is 18.3 Å². The largest absolute Gasteiger partial charge is 0.443 e. The minimum Gasteiger partial charge on any atom is -0.443 e. The van der Waals surface area contributed by atoms with E-state index in [1.165, 1.54) is 0 Å². The van der Waals surface area contributed by atoms with Crippen LogP contribution in [-0.2, 0) is 4.79 Å². The van der Waals surface area contributed by atoms with Gasteiger partial charge in [-0.25, -0.2) is 9.78 Å². The number of furan rings is 1. The monoisotopic (exact) mass is 413 g/mol. The summed E-state index contributed by atoms with van der Waals surface area (Å²) in [7, 11) is 0. The van der Waals surface area contributed by atoms with Crippen LogP contribution in [0.1, 0.15) is 28.6 Å². The van der Waals surface area contributed by atoms with Crippen molar-refractivity contribution in [1.29, 1.82) is 0 Å². The lowest BCUT2D eigenvalue weighted by Crippen LogP contribution is -2.39. The number of hydrogen-bond donors (Lipinski definition) is 3. The molecule has 2 heterocycles. The van der Waals surface area contributed by atoms with Crippen molar-refractivity contribution in [1.82, 2.24) is 15.3 Å². The number of aryl methyl sites for hydroxylation is 2. The lowest BCUT2D eigenvalue weighted by molar-refractivity contribution is -0.119. The summed E-state index contributed by atoms with van der Waals surface area (Å²) < 4.78 is 5.68. The molecule has 2 aromatic heterocycles. The average Bonchev–Trinajstić information content (AvgIpc) is 2.95. The van der Waals surface area contributed by atoms with Gasteiger partial charge in [0.2, 0.25) is 11.6 Å². The van der Waals surface area contributed by atoms with Crippen LogP contribution in [0, 0.1) is 13.8 Å². The number of hydrogen-bond acceptors (Lipinski definition) is 7. The van der Waals surface area contributed by atoms with E-state index in [0.29, 0.717) is 22.4 Å². The number of carbonyl (C=O) groups is 3. The smallest absolute Gasteiger partial charge is 0.318 e. The van der Waals surface area contributed by atoms with Crippen LogP contribution in [0.4, 0.5) is 10.6 Å². The fraction of sp³-hybridized carbons (Fsp3) is 0.211. The molecule has 0 fully saturated rings. The van der Waals surface area contributed by atoms with Crippen molar-refractivity contribution in [3.05, 3.63) is 47.2 Å². The highest BCUT2D eigenvalue weighted by Crippen LogP contribution is 2.32. The second-order valence-electron chi connectivity index (χ2n) is 6.25. The van der Waals surface area contributed by atoms with Crippen molar-refractivity contribution >= 4 is 46.5 Å². The zero-order chi connectivity index (χ0) is 21.1. The number of carbonyl (C=O) groups excluding carboxylic acids is 3. The first-order valence-corrected chi connectivity index (χ1v) is 9.55. The van der Waals surface area contributed by atoms with Crippen LogP contribution in [0.25, 0.3) is 11.1 Å². The molecular formula is C19H19N5O4S. The van der Waals surface area contributed by atoms with Crippen LogP contribution in [-0.4, -0.2) is 33.1 Å². The minimum atomic E-state index is -0.938. The number of nitrogens with one attached hydrogen (secondary N) is 2. The third-order valence-corrected chi connectivity index (χ3v) is 5.13. The Bertz CT molecular complexity index is 1100. The van der Waals surface area contributed by atoms with Crippen LogP contribution in [0.15, 0.2) is 39.9 Å². The predicted molar refractivity (Wildman–Crippen MR) is 109 cm³/mol. The first kappa shape index (κ1) is 20.3. The third-order valence-electron chi connectivity index (χ3n) is 4.17. The Morgan fingerprint density at radius 3 is 2.48 bits per heavy atom. The van der Waals surface area contributed by atoms with E-state index in [2.05, 4.69) is 15.3 Å². The quantitative estimate of drug-likeness (QED) is 0.431. The lowest BCUT2D eigenvalue weighted by atomic mass is 10.2. The molecule has 9 nitrogen and oxygen atoms in total. The van der Waals surface area contributed by atoms with Crippen molar-refractivity contribution < 1.29 is 18.8 Å². The molecule has 3 aromatic rings. The summed E-state index contributed by atoms with van der Waals surface area (Å²) in [6, 6.07) is 7.78. The van der Waals surface area contributed by atoms with Gasteiger partial charge < -0.3 is 15.5 Å². The molecule has 0 aliphatic rings. The maximum Gasteiger partial charge on any atom is 0.318 e. The molecule has 0 aliphatic heterocycles. The molecule has 1 aromatic carbocycles. The van der Waals surface area contributed by atoms with Crippen LogP contribution in [0.2, 0.25) is 0 Å². The minimum absolute atomic E-state index is 0.210. The molecule has 4 amide bonds. The molecule has 1 unspecified atom stereocenters. The van der Waals surface area contributed by atoms with Gasteiger partial charge in [-0.3, -0.25) is 14.9 Å². The van der Waals surface area contributed by atoms with E-state index in [4.69, 9.17) is 10.2 Å². The van der Waals surface area contributed by atoms with Gasteiger partial charge in [0.15, 0.2) is 5.16 Å². The van der Waals surface area contributed by atoms with Crippen molar-refractivity contribution in [2.75, 3.05) is 5.32 Å². The third kappa shape index (κ3) is 4.54. The normalized spacial score (nSPS) is 11.8. The molecule has 0 saturated heterocycles. The molecule has 0 saturated carbocycles. The number of aromatic nitrogens is 2. The molecule has 0 spiro atoms. The number of primary amides is 1. The number of thioether (sulfide) groups is 1. The van der Waals surface area contributed by atoms with Crippen LogP contribution >= 0.6 is 11.8 Å². The first-order valence-electron chi connectivity index (χ1n) is 8.67. The Kier molecular flexibility index (Phi) is 5.83. The van der Waals surface area contributed by atoms with E-state index >= 15 is 0 Å². The number of urea groups is 1. The molecule has 1 atom stereocenters. The number of nitrogens with two attached hydrogens (primary N) is 1. The number of amides is 4. The lowest BCUT2D eigenvalue weighted by Gasteiger charge is -2.11. The van der Waals surface area contributed by atoms with Crippen molar-refractivity contribution in [2.24, 2.45) is 5.73 Å². The molecule has 4 N–H and O–H groups in total. The Balaban J connectivity index is 1.96. The fourth-order valence-electron chi connectivity index (χ4n) is 2.58. The summed E-state index contributed by atoms with van der Waals surface area (Å²) >= 11 is 1.01. The average molecular weight is 413 g/mol. The topological polar surface area (TPSA) is 140 Å². The van der Waals surface area contributed by atoms with Crippen molar-refractivity contribution in [2.45, 2.75) is 31.2 Å². The predicted octanol–water partition coefficient (Wildman–Crippen LogP) is 2.77. The van der Waals surface area contributed by atoms with Gasteiger partial charge in [-0.1, -0.05) is 30.0 Å². The fourth-order valence-corrected chi connectivity index (χ4v) is 3.34. The highest BCUT2D eigenvalue weighted by molar-refractivity contribution is 8.00. The molecule has 3 rings (SSSR count). The van der Waals surface area contributed by atoms with Gasteiger partial charge in [0.25, 0.3) is 5.91 Å². The van der Waals surface area contributed by atoms with E-state index in [9.17, 15) is 14.4 Å². The number of fused-ring (bicyclic) bond motifs is 1. The number of benzene rings is 1. The maximum atomic E-state index is 12.6. The summed E-state index contributed by atoms with van der Waals surface area (Å²) in [6.07, 6.45) is 0. The van der Waals surface area contributed by atoms with Gasteiger partial charge in [-0.05, 0) is 32.9 Å². The second-order valence-corrected chi connectivity index (χ2v) is 7.56. The maximum absolute atomic E-state index is 12.6. The molecule has 10 heteroatoms. The second kappa shape index (κ2) is 8.31. The molecule has 0 radical (unpaired) electrons. The van der Waals surface area contributed by atoms with Crippen LogP contribution in [0.5, 0.6) is 0 Å². The molecule has 0 bridgehead atoms. The standard InChI is InChI=1S/C19H19N5O4S/c1-9-10(2)28-17-13(9)14(21-16(26)12-7-5-4-6-8-12)22-19(24-17)29-11(3)15(25)23-18(20)27/h4-8,11H,1-3H3,(H3,20,23,25,27)(H,21,22,24,26). The zero-order valence-corrected chi connectivity index (χ0v) is 16.8. The Hall–Kier alpha value is -3.40. The summed E-state index contributed by atoms with van der Waals surface area (Å²) in [5.74, 6) is 0.0154. The zero-order valence-electron chi connectivity index (χ0n) is 16.0. The van der Waals surface area contributed by atoms with E-state index in [1.54, 1.807) is 38.1 Å². The van der Waals surface area contributed by atoms with E-state index in [0.717, 1.165) is 17.3 Å². The Morgan fingerprint density at radius 2 is 1.83 bits per heavy atom. The van der Waals surface area contributed by atoms with Crippen LogP contribution < -0.4 is 16.4 Å². The van der Waals surface area contributed by atoms with Gasteiger partial charge in [-0.15, -0.1) is 0 Å². The van der Waals surface area contributed by atoms with E-state index in [-0.39, 0.29) is 16.9 Å². The molecule has 0 aliphatic carbocycles. The van der Waals surface area contributed by atoms with Gasteiger partial charge in [0, 0.05) is 11.1 Å². The van der Waals surface area contributed by atoms with Gasteiger partial charge in [0.05, 0.1) is 10.6 Å². The number of anilines is 1. The van der Waals surface area contributed by atoms with Crippen molar-refractivity contribution in [3.8, 4) is 0 Å². The number of rotatable bonds is 5. The first-order chi connectivity index (χ1) is 13.8. The SMILES string of the molecule is Cc1oc2nc(SC(C)C(=O)NC(N)=O)nc(NC(=O)c3ccccc3)c2c1C. The summed E-state index contributed by atoms with van der Waals surface area (Å²) in [4.78, 5) is 44.2. The highest BCUT2D eigenvalue weighted by Gasteiger charge is 2.22. The summed E-state index contributed by atoms with van der Waals surface area (Å²) in [5.41, 5.74) is 6.55. The van der Waals surface area contributed by atoms with E-state index < -0.39 is 17.2 Å². The number of nitrogens with zero attached hydrogens (tertiary/aromatic N) is 2.